The van der Waals surface area contributed by atoms with Crippen molar-refractivity contribution in [1.29, 1.82) is 0 Å². The summed E-state index contributed by atoms with van der Waals surface area (Å²) in [5.41, 5.74) is 1.56. The number of nitrogens with one attached hydrogen (secondary N) is 1. The minimum absolute atomic E-state index is 0.0680. The van der Waals surface area contributed by atoms with Gasteiger partial charge in [-0.2, -0.15) is 0 Å². The highest BCUT2D eigenvalue weighted by atomic mass is 127. The molecule has 7 nitrogen and oxygen atoms in total. The maximum Gasteiger partial charge on any atom is 0.256 e. The van der Waals surface area contributed by atoms with Crippen LogP contribution in [0, 0.1) is 5.92 Å². The molecular weight excluding hydrogens is 317 g/mol. The molecule has 2 amide bonds. The van der Waals surface area contributed by atoms with E-state index < -0.39 is 17.9 Å². The fraction of sp³-hybridized carbons (Fsp3) is 0.571. The van der Waals surface area contributed by atoms with Crippen molar-refractivity contribution in [3.63, 3.8) is 0 Å². The van der Waals surface area contributed by atoms with Crippen molar-refractivity contribution >= 4 is 40.7 Å². The number of carbonyl (C=O) groups excluding carboxylic acids is 2. The summed E-state index contributed by atoms with van der Waals surface area (Å²) in [4.78, 5) is 28.1. The van der Waals surface area contributed by atoms with Crippen LogP contribution >= 0.6 is 23.0 Å². The zero-order chi connectivity index (χ0) is 11.0. The number of rotatable bonds is 2. The van der Waals surface area contributed by atoms with Crippen LogP contribution in [-0.4, -0.2) is 47.0 Å². The molecule has 2 N–H and O–H groups in total. The minimum atomic E-state index is -0.710. The van der Waals surface area contributed by atoms with Crippen LogP contribution in [0.3, 0.4) is 0 Å². The standard InChI is InChI=1S/C7H8IN3O4/c8-15-3-2-11-4(12)1-9-6(11)5(3)7(13)10-14/h3,5,14H,1-2H2,(H,10,13). The number of carbonyl (C=O) groups is 2. The van der Waals surface area contributed by atoms with E-state index in [0.29, 0.717) is 12.4 Å². The molecule has 1 saturated heterocycles. The second kappa shape index (κ2) is 4.02. The Kier molecular flexibility index (Phi) is 2.89. The minimum Gasteiger partial charge on any atom is -0.309 e. The molecule has 2 aliphatic rings. The van der Waals surface area contributed by atoms with E-state index in [1.807, 2.05) is 0 Å². The van der Waals surface area contributed by atoms with Gasteiger partial charge in [0, 0.05) is 0 Å². The average molecular weight is 325 g/mol. The molecule has 0 aliphatic carbocycles. The summed E-state index contributed by atoms with van der Waals surface area (Å²) in [5, 5.41) is 8.58. The Morgan fingerprint density at radius 2 is 2.47 bits per heavy atom. The second-order valence-electron chi connectivity index (χ2n) is 3.26. The number of fused-ring (bicyclic) bond motifs is 1. The maximum atomic E-state index is 11.4. The van der Waals surface area contributed by atoms with Gasteiger partial charge >= 0.3 is 0 Å². The topological polar surface area (TPSA) is 91.2 Å². The molecule has 0 aromatic rings. The van der Waals surface area contributed by atoms with Crippen LogP contribution in [0.4, 0.5) is 0 Å². The lowest BCUT2D eigenvalue weighted by Gasteiger charge is -2.12. The molecule has 2 atom stereocenters. The van der Waals surface area contributed by atoms with Crippen molar-refractivity contribution in [3.05, 3.63) is 0 Å². The van der Waals surface area contributed by atoms with Crippen molar-refractivity contribution < 1.29 is 17.9 Å². The van der Waals surface area contributed by atoms with E-state index in [1.165, 1.54) is 4.90 Å². The van der Waals surface area contributed by atoms with E-state index in [4.69, 9.17) is 8.27 Å². The third-order valence-corrected chi connectivity index (χ3v) is 3.13. The molecule has 2 rings (SSSR count). The van der Waals surface area contributed by atoms with E-state index in [9.17, 15) is 9.59 Å². The van der Waals surface area contributed by atoms with Crippen molar-refractivity contribution in [2.24, 2.45) is 10.9 Å². The highest BCUT2D eigenvalue weighted by Gasteiger charge is 2.48. The molecule has 2 unspecified atom stereocenters. The van der Waals surface area contributed by atoms with Gasteiger partial charge < -0.3 is 3.07 Å². The Balaban J connectivity index is 2.27. The number of hydrogen-bond donors (Lipinski definition) is 2. The molecule has 0 saturated carbocycles. The van der Waals surface area contributed by atoms with Gasteiger partial charge in [-0.3, -0.25) is 24.7 Å². The van der Waals surface area contributed by atoms with Crippen molar-refractivity contribution in [1.82, 2.24) is 10.4 Å². The van der Waals surface area contributed by atoms with Crippen molar-refractivity contribution in [2.75, 3.05) is 13.1 Å². The molecule has 1 fully saturated rings. The summed E-state index contributed by atoms with van der Waals surface area (Å²) in [7, 11) is 0. The summed E-state index contributed by atoms with van der Waals surface area (Å²) >= 11 is 1.67. The van der Waals surface area contributed by atoms with Gasteiger partial charge in [0.15, 0.2) is 0 Å². The summed E-state index contributed by atoms with van der Waals surface area (Å²) in [5.74, 6) is -1.07. The van der Waals surface area contributed by atoms with Gasteiger partial charge in [-0.05, 0) is 0 Å². The summed E-state index contributed by atoms with van der Waals surface area (Å²) in [6, 6.07) is 0. The van der Waals surface area contributed by atoms with Crippen LogP contribution in [0.2, 0.25) is 0 Å². The number of aliphatic imine (C=N–C) groups is 1. The predicted octanol–water partition coefficient (Wildman–Crippen LogP) is -0.903. The summed E-state index contributed by atoms with van der Waals surface area (Å²) in [6.07, 6.45) is -0.458. The molecule has 0 spiro atoms. The first-order chi connectivity index (χ1) is 7.19. The Bertz CT molecular complexity index is 345. The van der Waals surface area contributed by atoms with Crippen LogP contribution in [0.15, 0.2) is 4.99 Å². The van der Waals surface area contributed by atoms with Crippen LogP contribution in [-0.2, 0) is 12.7 Å². The first-order valence-corrected chi connectivity index (χ1v) is 5.13. The van der Waals surface area contributed by atoms with Gasteiger partial charge in [-0.1, -0.05) is 0 Å². The third kappa shape index (κ3) is 1.62. The van der Waals surface area contributed by atoms with E-state index in [1.54, 1.807) is 28.5 Å². The molecule has 2 aliphatic heterocycles. The molecule has 0 aromatic carbocycles. The maximum absolute atomic E-state index is 11.4. The Labute approximate surface area is 99.1 Å². The Hall–Kier alpha value is -0.740. The van der Waals surface area contributed by atoms with Gasteiger partial charge in [0.1, 0.15) is 47.4 Å². The summed E-state index contributed by atoms with van der Waals surface area (Å²) < 4.78 is 5.05. The quantitative estimate of drug-likeness (QED) is 0.391. The van der Waals surface area contributed by atoms with Crippen LogP contribution in [0.1, 0.15) is 0 Å². The lowest BCUT2D eigenvalue weighted by atomic mass is 10.1. The zero-order valence-electron chi connectivity index (χ0n) is 7.51. The number of amides is 2. The van der Waals surface area contributed by atoms with Gasteiger partial charge in [-0.25, -0.2) is 5.48 Å². The molecule has 0 bridgehead atoms. The average Bonchev–Trinajstić information content (AvgIpc) is 2.77. The number of amidine groups is 1. The molecule has 0 aromatic heterocycles. The van der Waals surface area contributed by atoms with E-state index in [-0.39, 0.29) is 12.5 Å². The number of hydroxylamine groups is 1. The van der Waals surface area contributed by atoms with E-state index in [0.717, 1.165) is 0 Å². The summed E-state index contributed by atoms with van der Waals surface area (Å²) in [6.45, 7) is 0.372. The van der Waals surface area contributed by atoms with E-state index >= 15 is 0 Å². The van der Waals surface area contributed by atoms with Crippen LogP contribution in [0.25, 0.3) is 0 Å². The number of hydrogen-bond acceptors (Lipinski definition) is 5. The highest BCUT2D eigenvalue weighted by molar-refractivity contribution is 14.1. The van der Waals surface area contributed by atoms with Gasteiger partial charge in [0.2, 0.25) is 5.91 Å². The smallest absolute Gasteiger partial charge is 0.256 e. The van der Waals surface area contributed by atoms with E-state index in [2.05, 4.69) is 4.99 Å². The fourth-order valence-electron chi connectivity index (χ4n) is 1.80. The molecule has 0 radical (unpaired) electrons. The number of nitrogens with zero attached hydrogens (tertiary/aromatic N) is 2. The first-order valence-electron chi connectivity index (χ1n) is 4.25. The van der Waals surface area contributed by atoms with Gasteiger partial charge in [0.05, 0.1) is 6.54 Å². The number of halogens is 1. The zero-order valence-corrected chi connectivity index (χ0v) is 9.67. The molecular formula is C7H8IN3O4. The highest BCUT2D eigenvalue weighted by Crippen LogP contribution is 2.27. The van der Waals surface area contributed by atoms with Gasteiger partial charge in [0.25, 0.3) is 5.91 Å². The molecule has 15 heavy (non-hydrogen) atoms. The molecule has 82 valence electrons. The van der Waals surface area contributed by atoms with Crippen LogP contribution in [0.5, 0.6) is 0 Å². The lowest BCUT2D eigenvalue weighted by Crippen LogP contribution is -2.38. The van der Waals surface area contributed by atoms with Crippen molar-refractivity contribution in [2.45, 2.75) is 6.10 Å². The SMILES string of the molecule is O=C(NO)C1C2=NCC(=O)N2CC1OI. The van der Waals surface area contributed by atoms with Gasteiger partial charge in [-0.15, -0.1) is 0 Å². The molecule has 8 heteroatoms. The second-order valence-corrected chi connectivity index (χ2v) is 3.77. The largest absolute Gasteiger partial charge is 0.309 e. The lowest BCUT2D eigenvalue weighted by molar-refractivity contribution is -0.132. The Morgan fingerprint density at radius 1 is 1.73 bits per heavy atom. The first kappa shape index (κ1) is 10.8. The third-order valence-electron chi connectivity index (χ3n) is 2.47. The van der Waals surface area contributed by atoms with Crippen molar-refractivity contribution in [3.8, 4) is 0 Å². The monoisotopic (exact) mass is 325 g/mol. The predicted molar refractivity (Wildman–Crippen MR) is 56.3 cm³/mol. The fourth-order valence-corrected chi connectivity index (χ4v) is 2.25. The van der Waals surface area contributed by atoms with Crippen LogP contribution < -0.4 is 5.48 Å². The Morgan fingerprint density at radius 3 is 3.07 bits per heavy atom. The normalized spacial score (nSPS) is 29.1. The molecule has 2 heterocycles.